The summed E-state index contributed by atoms with van der Waals surface area (Å²) in [5.74, 6) is 8.74. The molecule has 7 rings (SSSR count). The topological polar surface area (TPSA) is 101 Å². The van der Waals surface area contributed by atoms with E-state index in [1.54, 1.807) is 0 Å². The number of thioether (sulfide) groups is 1. The van der Waals surface area contributed by atoms with Crippen LogP contribution in [-0.4, -0.2) is 78.6 Å². The lowest BCUT2D eigenvalue weighted by molar-refractivity contribution is -0.140. The number of urea groups is 1. The van der Waals surface area contributed by atoms with E-state index in [0.717, 1.165) is 84.4 Å². The van der Waals surface area contributed by atoms with Gasteiger partial charge < -0.3 is 24.7 Å². The second-order valence-corrected chi connectivity index (χ2v) is 18.1. The van der Waals surface area contributed by atoms with Crippen molar-refractivity contribution in [3.63, 3.8) is 0 Å². The Morgan fingerprint density at radius 2 is 1.75 bits per heavy atom. The Morgan fingerprint density at radius 1 is 1.04 bits per heavy atom. The van der Waals surface area contributed by atoms with Crippen molar-refractivity contribution < 1.29 is 9.59 Å². The van der Waals surface area contributed by atoms with Crippen molar-refractivity contribution >= 4 is 47.4 Å². The second-order valence-electron chi connectivity index (χ2n) is 16.0. The number of benzene rings is 2. The monoisotopic (exact) mass is 737 g/mol. The fraction of sp³-hybridized carbons (Fsp3) is 0.512. The van der Waals surface area contributed by atoms with E-state index in [4.69, 9.17) is 22.6 Å². The number of nitrogens with one attached hydrogen (secondary N) is 2. The number of aromatic nitrogens is 4. The van der Waals surface area contributed by atoms with Gasteiger partial charge in [-0.2, -0.15) is 0 Å². The maximum Gasteiger partial charge on any atom is 0.320 e. The number of thiol groups is 1. The number of carbonyl (C=O) groups is 2. The highest BCUT2D eigenvalue weighted by Crippen LogP contribution is 2.66. The number of piperidine rings is 1. The molecule has 52 heavy (non-hydrogen) atoms. The summed E-state index contributed by atoms with van der Waals surface area (Å²) in [5.41, 5.74) is 5.42. The number of hydrogen-bond donors (Lipinski definition) is 3. The summed E-state index contributed by atoms with van der Waals surface area (Å²) in [7, 11) is 1.90. The van der Waals surface area contributed by atoms with Crippen LogP contribution < -0.4 is 0 Å². The number of hydrogen-bond acceptors (Lipinski definition) is 6. The molecule has 3 amide bonds. The summed E-state index contributed by atoms with van der Waals surface area (Å²) in [4.78, 5) is 48.7. The highest BCUT2D eigenvalue weighted by atomic mass is 32.2. The van der Waals surface area contributed by atoms with E-state index in [9.17, 15) is 9.59 Å². The van der Waals surface area contributed by atoms with Gasteiger partial charge in [-0.3, -0.25) is 4.79 Å². The van der Waals surface area contributed by atoms with E-state index >= 15 is 0 Å². The van der Waals surface area contributed by atoms with Gasteiger partial charge >= 0.3 is 6.03 Å². The number of imidazole rings is 2. The molecule has 2 aromatic carbocycles. The third kappa shape index (κ3) is 6.62. The normalized spacial score (nSPS) is 23.4. The summed E-state index contributed by atoms with van der Waals surface area (Å²) in [6.07, 6.45) is 6.45. The summed E-state index contributed by atoms with van der Waals surface area (Å²) in [6, 6.07) is 14.3. The molecule has 11 heteroatoms. The van der Waals surface area contributed by atoms with E-state index in [-0.39, 0.29) is 33.4 Å². The molecule has 3 aliphatic heterocycles. The summed E-state index contributed by atoms with van der Waals surface area (Å²) < 4.78 is -0.154. The first-order valence-corrected chi connectivity index (χ1v) is 20.0. The first-order chi connectivity index (χ1) is 24.8. The molecule has 0 bridgehead atoms. The number of fused-ring (bicyclic) bond motifs is 2. The maximum absolute atomic E-state index is 13.7. The predicted molar refractivity (Wildman–Crippen MR) is 213 cm³/mol. The average Bonchev–Trinajstić information content (AvgIpc) is 3.45. The van der Waals surface area contributed by atoms with Crippen LogP contribution in [0, 0.1) is 29.1 Å². The molecule has 4 atom stereocenters. The smallest absolute Gasteiger partial charge is 0.320 e. The number of carbonyl (C=O) groups excluding carboxylic acids is 2. The number of nitrogens with zero attached hydrogens (tertiary/aromatic N) is 5. The molecular formula is C41H51N7O2S2. The van der Waals surface area contributed by atoms with Gasteiger partial charge in [0.25, 0.3) is 0 Å². The molecule has 4 unspecified atom stereocenters. The van der Waals surface area contributed by atoms with Crippen LogP contribution in [0.1, 0.15) is 96.4 Å². The molecule has 0 saturated carbocycles. The van der Waals surface area contributed by atoms with Crippen LogP contribution in [0.25, 0.3) is 22.3 Å². The molecule has 5 heterocycles. The van der Waals surface area contributed by atoms with Gasteiger partial charge in [-0.25, -0.2) is 14.8 Å². The Balaban J connectivity index is 1.03. The standard InChI is InChI=1S/C41H51N7O2S2/c1-8-39(5,6)27(4)34(49)48-22-10-20-41(48,51)36-43-31-18-15-29(23-32(31)44-36)12-11-28-13-16-30(17-14-28)33-24-42-35(45-33)40-19-9-21-47(37(40)52-40)38(50)46(7)25-26(2)3/h13-18,23-24,26-27,37,51H,8-10,19-22,25H2,1-7H3,(H,42,45)(H,43,44). The van der Waals surface area contributed by atoms with Crippen LogP contribution in [0.5, 0.6) is 0 Å². The Kier molecular flexibility index (Phi) is 9.70. The summed E-state index contributed by atoms with van der Waals surface area (Å²) in [6.45, 7) is 15.0. The number of aromatic amines is 2. The van der Waals surface area contributed by atoms with Gasteiger partial charge in [-0.05, 0) is 72.9 Å². The van der Waals surface area contributed by atoms with E-state index in [1.807, 2.05) is 77.0 Å². The quantitative estimate of drug-likeness (QED) is 0.0962. The molecule has 2 N–H and O–H groups in total. The zero-order chi connectivity index (χ0) is 37.0. The molecular weight excluding hydrogens is 687 g/mol. The van der Waals surface area contributed by atoms with Crippen molar-refractivity contribution in [1.29, 1.82) is 0 Å². The van der Waals surface area contributed by atoms with Crippen LogP contribution in [0.4, 0.5) is 4.79 Å². The molecule has 9 nitrogen and oxygen atoms in total. The third-order valence-corrected chi connectivity index (χ3v) is 13.9. The molecule has 2 aromatic heterocycles. The van der Waals surface area contributed by atoms with Gasteiger partial charge in [0.2, 0.25) is 5.91 Å². The Hall–Kier alpha value is -3.88. The minimum absolute atomic E-state index is 0.0937. The van der Waals surface area contributed by atoms with Crippen molar-refractivity contribution in [2.45, 2.75) is 88.6 Å². The molecule has 4 aromatic rings. The molecule has 0 spiro atoms. The van der Waals surface area contributed by atoms with Gasteiger partial charge in [0.15, 0.2) is 0 Å². The SMILES string of the molecule is CCC(C)(C)C(C)C(=O)N1CCCC1(S)c1nc2ccc(C#Cc3ccc(-c4cnc(C56CCCN(C(=O)N(C)CC(C)C)C5S6)[nH]4)cc3)cc2[nH]1. The van der Waals surface area contributed by atoms with Crippen LogP contribution in [0.3, 0.4) is 0 Å². The predicted octanol–water partition coefficient (Wildman–Crippen LogP) is 8.20. The highest BCUT2D eigenvalue weighted by Gasteiger charge is 2.64. The fourth-order valence-electron chi connectivity index (χ4n) is 7.68. The van der Waals surface area contributed by atoms with Crippen molar-refractivity contribution in [2.24, 2.45) is 17.3 Å². The lowest BCUT2D eigenvalue weighted by atomic mass is 9.77. The Labute approximate surface area is 317 Å². The largest absolute Gasteiger partial charge is 0.341 e. The highest BCUT2D eigenvalue weighted by molar-refractivity contribution is 8.08. The molecule has 0 radical (unpaired) electrons. The number of H-pyrrole nitrogens is 2. The first-order valence-electron chi connectivity index (χ1n) is 18.7. The Bertz CT molecular complexity index is 2040. The van der Waals surface area contributed by atoms with E-state index in [2.05, 4.69) is 68.6 Å². The van der Waals surface area contributed by atoms with Crippen molar-refractivity contribution in [3.8, 4) is 23.1 Å². The minimum Gasteiger partial charge on any atom is -0.341 e. The zero-order valence-electron chi connectivity index (χ0n) is 31.4. The maximum atomic E-state index is 13.7. The summed E-state index contributed by atoms with van der Waals surface area (Å²) >= 11 is 6.95. The molecule has 274 valence electrons. The third-order valence-electron chi connectivity index (χ3n) is 11.6. The molecule has 0 aliphatic carbocycles. The molecule has 3 saturated heterocycles. The van der Waals surface area contributed by atoms with E-state index in [1.165, 1.54) is 0 Å². The van der Waals surface area contributed by atoms with Crippen molar-refractivity contribution in [3.05, 3.63) is 71.4 Å². The van der Waals surface area contributed by atoms with Crippen LogP contribution in [0.2, 0.25) is 0 Å². The summed E-state index contributed by atoms with van der Waals surface area (Å²) in [5, 5.41) is 0.125. The van der Waals surface area contributed by atoms with Crippen LogP contribution >= 0.6 is 24.4 Å². The van der Waals surface area contributed by atoms with Crippen LogP contribution in [-0.2, 0) is 14.4 Å². The molecule has 3 aliphatic rings. The fourth-order valence-corrected chi connectivity index (χ4v) is 9.63. The number of rotatable bonds is 8. The lowest BCUT2D eigenvalue weighted by Gasteiger charge is -2.38. The minimum atomic E-state index is -0.768. The average molecular weight is 738 g/mol. The van der Waals surface area contributed by atoms with Gasteiger partial charge in [-0.1, -0.05) is 71.9 Å². The van der Waals surface area contributed by atoms with Crippen LogP contribution in [0.15, 0.2) is 48.7 Å². The lowest BCUT2D eigenvalue weighted by Crippen LogP contribution is -2.48. The number of likely N-dealkylation sites (tertiary alicyclic amines) is 2. The van der Waals surface area contributed by atoms with Crippen molar-refractivity contribution in [1.82, 2.24) is 34.6 Å². The van der Waals surface area contributed by atoms with E-state index < -0.39 is 4.87 Å². The second kappa shape index (κ2) is 13.8. The molecule has 3 fully saturated rings. The van der Waals surface area contributed by atoms with Gasteiger partial charge in [0.1, 0.15) is 26.6 Å². The number of amides is 3. The zero-order valence-corrected chi connectivity index (χ0v) is 33.1. The Morgan fingerprint density at radius 3 is 2.48 bits per heavy atom. The van der Waals surface area contributed by atoms with Crippen molar-refractivity contribution in [2.75, 3.05) is 26.7 Å². The van der Waals surface area contributed by atoms with Gasteiger partial charge in [0, 0.05) is 43.7 Å². The van der Waals surface area contributed by atoms with Gasteiger partial charge in [-0.15, -0.1) is 24.4 Å². The van der Waals surface area contributed by atoms with Gasteiger partial charge in [0.05, 0.1) is 22.9 Å². The van der Waals surface area contributed by atoms with E-state index in [0.29, 0.717) is 18.3 Å². The first kappa shape index (κ1) is 36.5.